The molecule has 0 amide bonds. The van der Waals surface area contributed by atoms with Crippen LogP contribution in [0.5, 0.6) is 0 Å². The van der Waals surface area contributed by atoms with E-state index in [9.17, 15) is 4.79 Å². The van der Waals surface area contributed by atoms with E-state index in [1.165, 1.54) is 11.1 Å². The van der Waals surface area contributed by atoms with Gasteiger partial charge < -0.3 is 9.67 Å². The Morgan fingerprint density at radius 3 is 2.70 bits per heavy atom. The van der Waals surface area contributed by atoms with Crippen LogP contribution in [0.2, 0.25) is 0 Å². The average molecular weight is 292 g/mol. The molecule has 1 heterocycles. The van der Waals surface area contributed by atoms with E-state index in [4.69, 9.17) is 5.11 Å². The van der Waals surface area contributed by atoms with Gasteiger partial charge in [-0.05, 0) is 43.4 Å². The maximum atomic E-state index is 10.8. The molecule has 1 N–H and O–H groups in total. The number of imidazole rings is 1. The largest absolute Gasteiger partial charge is 0.481 e. The van der Waals surface area contributed by atoms with Crippen LogP contribution in [0.15, 0.2) is 12.1 Å². The van der Waals surface area contributed by atoms with Crippen molar-refractivity contribution in [2.24, 2.45) is 0 Å². The number of carboxylic acids is 1. The molecule has 0 fully saturated rings. The van der Waals surface area contributed by atoms with E-state index in [0.29, 0.717) is 6.54 Å². The fraction of sp³-hybridized carbons (Fsp3) is 0.467. The van der Waals surface area contributed by atoms with Crippen LogP contribution in [0, 0.1) is 13.8 Å². The van der Waals surface area contributed by atoms with Crippen molar-refractivity contribution in [2.45, 2.75) is 33.2 Å². The third-order valence-corrected chi connectivity index (χ3v) is 4.13. The fourth-order valence-electron chi connectivity index (χ4n) is 2.27. The van der Waals surface area contributed by atoms with Gasteiger partial charge in [-0.3, -0.25) is 4.79 Å². The van der Waals surface area contributed by atoms with Crippen LogP contribution in [-0.2, 0) is 17.8 Å². The van der Waals surface area contributed by atoms with Gasteiger partial charge >= 0.3 is 5.97 Å². The lowest BCUT2D eigenvalue weighted by Crippen LogP contribution is -2.09. The average Bonchev–Trinajstić information content (AvgIpc) is 2.71. The summed E-state index contributed by atoms with van der Waals surface area (Å²) in [6.45, 7) is 4.63. The number of benzene rings is 1. The molecule has 0 aliphatic carbocycles. The minimum Gasteiger partial charge on any atom is -0.481 e. The van der Waals surface area contributed by atoms with Crippen LogP contribution >= 0.6 is 11.8 Å². The molecule has 108 valence electrons. The standard InChI is InChI=1S/C15H20N2O2S/c1-10-8-12-13(9-11(10)2)17(6-4-15(18)19)14(16-12)5-7-20-3/h8-9H,4-7H2,1-3H3,(H,18,19). The lowest BCUT2D eigenvalue weighted by Gasteiger charge is -2.08. The van der Waals surface area contributed by atoms with E-state index in [1.807, 2.05) is 0 Å². The van der Waals surface area contributed by atoms with Crippen LogP contribution in [-0.4, -0.2) is 32.6 Å². The van der Waals surface area contributed by atoms with Crippen molar-refractivity contribution in [3.8, 4) is 0 Å². The number of carboxylic acid groups (broad SMARTS) is 1. The zero-order chi connectivity index (χ0) is 14.7. The van der Waals surface area contributed by atoms with Crippen molar-refractivity contribution in [3.05, 3.63) is 29.1 Å². The van der Waals surface area contributed by atoms with Crippen molar-refractivity contribution in [3.63, 3.8) is 0 Å². The van der Waals surface area contributed by atoms with Crippen molar-refractivity contribution in [2.75, 3.05) is 12.0 Å². The van der Waals surface area contributed by atoms with Crippen molar-refractivity contribution in [1.82, 2.24) is 9.55 Å². The summed E-state index contributed by atoms with van der Waals surface area (Å²) in [4.78, 5) is 15.5. The molecule has 0 radical (unpaired) electrons. The predicted octanol–water partition coefficient (Wildman–Crippen LogP) is 3.03. The molecule has 0 spiro atoms. The number of aromatic nitrogens is 2. The Bertz CT molecular complexity index is 634. The summed E-state index contributed by atoms with van der Waals surface area (Å²) in [7, 11) is 0. The van der Waals surface area contributed by atoms with Gasteiger partial charge in [0.05, 0.1) is 17.5 Å². The molecule has 20 heavy (non-hydrogen) atoms. The molecule has 0 saturated heterocycles. The van der Waals surface area contributed by atoms with Crippen molar-refractivity contribution < 1.29 is 9.90 Å². The van der Waals surface area contributed by atoms with E-state index in [2.05, 4.69) is 41.8 Å². The summed E-state index contributed by atoms with van der Waals surface area (Å²) in [5, 5.41) is 8.91. The fourth-order valence-corrected chi connectivity index (χ4v) is 2.66. The Hall–Kier alpha value is -1.49. The second kappa shape index (κ2) is 6.31. The monoisotopic (exact) mass is 292 g/mol. The van der Waals surface area contributed by atoms with Crippen molar-refractivity contribution >= 4 is 28.8 Å². The Labute approximate surface area is 123 Å². The number of fused-ring (bicyclic) bond motifs is 1. The summed E-state index contributed by atoms with van der Waals surface area (Å²) in [6.07, 6.45) is 3.07. The van der Waals surface area contributed by atoms with Gasteiger partial charge in [0.2, 0.25) is 0 Å². The highest BCUT2D eigenvalue weighted by Crippen LogP contribution is 2.22. The molecule has 0 aliphatic rings. The number of aryl methyl sites for hydroxylation is 4. The quantitative estimate of drug-likeness (QED) is 0.889. The number of nitrogens with zero attached hydrogens (tertiary/aromatic N) is 2. The Kier molecular flexibility index (Phi) is 4.70. The van der Waals surface area contributed by atoms with Gasteiger partial charge in [-0.2, -0.15) is 11.8 Å². The maximum absolute atomic E-state index is 10.8. The van der Waals surface area contributed by atoms with Crippen LogP contribution in [0.3, 0.4) is 0 Å². The SMILES string of the molecule is CSCCc1nc2cc(C)c(C)cc2n1CCC(=O)O. The molecule has 5 heteroatoms. The number of rotatable bonds is 6. The van der Waals surface area contributed by atoms with Gasteiger partial charge in [0.1, 0.15) is 5.82 Å². The van der Waals surface area contributed by atoms with Crippen molar-refractivity contribution in [1.29, 1.82) is 0 Å². The maximum Gasteiger partial charge on any atom is 0.305 e. The lowest BCUT2D eigenvalue weighted by molar-refractivity contribution is -0.137. The molecule has 0 aliphatic heterocycles. The lowest BCUT2D eigenvalue weighted by atomic mass is 10.1. The first-order valence-electron chi connectivity index (χ1n) is 6.70. The molecule has 0 atom stereocenters. The highest BCUT2D eigenvalue weighted by atomic mass is 32.2. The Morgan fingerprint density at radius 1 is 1.35 bits per heavy atom. The van der Waals surface area contributed by atoms with Gasteiger partial charge in [-0.25, -0.2) is 4.98 Å². The minimum atomic E-state index is -0.772. The highest BCUT2D eigenvalue weighted by Gasteiger charge is 2.12. The molecule has 0 unspecified atom stereocenters. The van der Waals surface area contributed by atoms with E-state index in [0.717, 1.165) is 29.0 Å². The number of thioether (sulfide) groups is 1. The molecule has 1 aromatic heterocycles. The number of aliphatic carboxylic acids is 1. The van der Waals surface area contributed by atoms with E-state index in [1.54, 1.807) is 11.8 Å². The van der Waals surface area contributed by atoms with Gasteiger partial charge in [-0.15, -0.1) is 0 Å². The first kappa shape index (κ1) is 14.9. The second-order valence-electron chi connectivity index (χ2n) is 4.99. The molecular weight excluding hydrogens is 272 g/mol. The van der Waals surface area contributed by atoms with Gasteiger partial charge in [-0.1, -0.05) is 0 Å². The summed E-state index contributed by atoms with van der Waals surface area (Å²) >= 11 is 1.78. The molecule has 0 saturated carbocycles. The molecule has 2 aromatic rings. The van der Waals surface area contributed by atoms with Crippen LogP contribution in [0.25, 0.3) is 11.0 Å². The van der Waals surface area contributed by atoms with Crippen LogP contribution in [0.1, 0.15) is 23.4 Å². The predicted molar refractivity (Wildman–Crippen MR) is 83.5 cm³/mol. The second-order valence-corrected chi connectivity index (χ2v) is 5.98. The summed E-state index contributed by atoms with van der Waals surface area (Å²) in [5.74, 6) is 1.21. The van der Waals surface area contributed by atoms with E-state index in [-0.39, 0.29) is 6.42 Å². The summed E-state index contributed by atoms with van der Waals surface area (Å²) in [6, 6.07) is 4.20. The normalized spacial score (nSPS) is 11.2. The minimum absolute atomic E-state index is 0.130. The zero-order valence-electron chi connectivity index (χ0n) is 12.1. The molecule has 2 rings (SSSR count). The number of carbonyl (C=O) groups is 1. The number of hydrogen-bond donors (Lipinski definition) is 1. The third-order valence-electron chi connectivity index (χ3n) is 3.52. The molecule has 0 bridgehead atoms. The van der Waals surface area contributed by atoms with E-state index >= 15 is 0 Å². The number of hydrogen-bond acceptors (Lipinski definition) is 3. The summed E-state index contributed by atoms with van der Waals surface area (Å²) < 4.78 is 2.06. The third kappa shape index (κ3) is 3.15. The van der Waals surface area contributed by atoms with Crippen LogP contribution in [0.4, 0.5) is 0 Å². The van der Waals surface area contributed by atoms with Crippen LogP contribution < -0.4 is 0 Å². The van der Waals surface area contributed by atoms with Gasteiger partial charge in [0, 0.05) is 18.7 Å². The smallest absolute Gasteiger partial charge is 0.305 e. The van der Waals surface area contributed by atoms with Gasteiger partial charge in [0.25, 0.3) is 0 Å². The Morgan fingerprint density at radius 2 is 2.05 bits per heavy atom. The topological polar surface area (TPSA) is 55.1 Å². The first-order valence-corrected chi connectivity index (χ1v) is 8.09. The Balaban J connectivity index is 2.46. The zero-order valence-corrected chi connectivity index (χ0v) is 13.0. The molecule has 1 aromatic carbocycles. The first-order chi connectivity index (χ1) is 9.52. The molecular formula is C15H20N2O2S. The van der Waals surface area contributed by atoms with Gasteiger partial charge in [0.15, 0.2) is 0 Å². The summed E-state index contributed by atoms with van der Waals surface area (Å²) in [5.41, 5.74) is 4.45. The highest BCUT2D eigenvalue weighted by molar-refractivity contribution is 7.98. The van der Waals surface area contributed by atoms with E-state index < -0.39 is 5.97 Å². The molecule has 4 nitrogen and oxygen atoms in total.